The molecule has 0 saturated heterocycles. The van der Waals surface area contributed by atoms with E-state index < -0.39 is 12.1 Å². The van der Waals surface area contributed by atoms with Gasteiger partial charge < -0.3 is 14.7 Å². The van der Waals surface area contributed by atoms with Gasteiger partial charge in [0.25, 0.3) is 0 Å². The van der Waals surface area contributed by atoms with E-state index in [4.69, 9.17) is 10.00 Å². The molecule has 1 N–H and O–H groups in total. The Labute approximate surface area is 165 Å². The van der Waals surface area contributed by atoms with Crippen molar-refractivity contribution in [2.24, 2.45) is 0 Å². The molecular weight excluding hydrogens is 354 g/mol. The Bertz CT molecular complexity index is 826. The lowest BCUT2D eigenvalue weighted by atomic mass is 10.1. The van der Waals surface area contributed by atoms with Crippen LogP contribution in [0.3, 0.4) is 0 Å². The average Bonchev–Trinajstić information content (AvgIpc) is 2.72. The molecular formula is C22H25N3O3. The number of hydrogen-bond acceptors (Lipinski definition) is 6. The Hall–Kier alpha value is -3.17. The minimum Gasteiger partial charge on any atom is -0.462 e. The van der Waals surface area contributed by atoms with Crippen molar-refractivity contribution in [2.75, 3.05) is 18.1 Å². The number of esters is 1. The zero-order chi connectivity index (χ0) is 20.4. The van der Waals surface area contributed by atoms with Crippen LogP contribution in [-0.4, -0.2) is 35.3 Å². The monoisotopic (exact) mass is 379 g/mol. The van der Waals surface area contributed by atoms with E-state index in [-0.39, 0.29) is 12.2 Å². The number of nitrogens with zero attached hydrogens (tertiary/aromatic N) is 3. The van der Waals surface area contributed by atoms with Crippen molar-refractivity contribution in [3.8, 4) is 6.07 Å². The van der Waals surface area contributed by atoms with Gasteiger partial charge in [-0.1, -0.05) is 25.5 Å². The van der Waals surface area contributed by atoms with Crippen LogP contribution in [0.2, 0.25) is 0 Å². The van der Waals surface area contributed by atoms with Gasteiger partial charge >= 0.3 is 5.97 Å². The molecule has 0 radical (unpaired) electrons. The summed E-state index contributed by atoms with van der Waals surface area (Å²) in [6.45, 7) is 4.40. The van der Waals surface area contributed by atoms with Gasteiger partial charge in [-0.05, 0) is 49.2 Å². The van der Waals surface area contributed by atoms with Gasteiger partial charge in [-0.3, -0.25) is 4.98 Å². The summed E-state index contributed by atoms with van der Waals surface area (Å²) in [5.41, 5.74) is 2.44. The van der Waals surface area contributed by atoms with Crippen molar-refractivity contribution in [3.05, 3.63) is 59.9 Å². The highest BCUT2D eigenvalue weighted by molar-refractivity contribution is 5.97. The van der Waals surface area contributed by atoms with Crippen molar-refractivity contribution in [3.63, 3.8) is 0 Å². The van der Waals surface area contributed by atoms with Gasteiger partial charge in [0, 0.05) is 18.4 Å². The van der Waals surface area contributed by atoms with E-state index in [2.05, 4.69) is 4.98 Å². The maximum Gasteiger partial charge on any atom is 0.348 e. The first-order valence-electron chi connectivity index (χ1n) is 9.33. The number of hydrogen-bond donors (Lipinski definition) is 1. The first kappa shape index (κ1) is 21.1. The van der Waals surface area contributed by atoms with E-state index in [9.17, 15) is 9.90 Å². The number of carbonyl (C=O) groups excluding carboxylic acids is 1. The summed E-state index contributed by atoms with van der Waals surface area (Å²) in [5.74, 6) is -0.631. The summed E-state index contributed by atoms with van der Waals surface area (Å²) in [5, 5.41) is 19.5. The standard InChI is InChI=1S/C22H25N3O3/c1-3-6-21(26)16-25(20-7-5-12-24-15-20)19-10-8-17(9-11-19)13-18(14-23)22(27)28-4-2/h5,7-13,15,21,26H,3-4,6,16H2,1-2H3. The second-order valence-electron chi connectivity index (χ2n) is 6.25. The summed E-state index contributed by atoms with van der Waals surface area (Å²) in [7, 11) is 0. The quantitative estimate of drug-likeness (QED) is 0.405. The Morgan fingerprint density at radius 1 is 1.29 bits per heavy atom. The molecule has 0 spiro atoms. The van der Waals surface area contributed by atoms with Gasteiger partial charge in [0.1, 0.15) is 11.6 Å². The highest BCUT2D eigenvalue weighted by atomic mass is 16.5. The molecule has 6 heteroatoms. The van der Waals surface area contributed by atoms with Crippen LogP contribution < -0.4 is 4.90 Å². The van der Waals surface area contributed by atoms with Gasteiger partial charge in [-0.2, -0.15) is 5.26 Å². The molecule has 1 atom stereocenters. The lowest BCUT2D eigenvalue weighted by Gasteiger charge is -2.27. The number of aromatic nitrogens is 1. The van der Waals surface area contributed by atoms with Crippen molar-refractivity contribution in [1.82, 2.24) is 4.98 Å². The summed E-state index contributed by atoms with van der Waals surface area (Å²) in [6.07, 6.45) is 6.11. The number of pyridine rings is 1. The van der Waals surface area contributed by atoms with Crippen LogP contribution in [-0.2, 0) is 9.53 Å². The van der Waals surface area contributed by atoms with Gasteiger partial charge in [0.2, 0.25) is 0 Å². The van der Waals surface area contributed by atoms with E-state index in [1.807, 2.05) is 54.3 Å². The molecule has 146 valence electrons. The first-order chi connectivity index (χ1) is 13.6. The predicted molar refractivity (Wildman–Crippen MR) is 109 cm³/mol. The van der Waals surface area contributed by atoms with Crippen LogP contribution in [0.5, 0.6) is 0 Å². The van der Waals surface area contributed by atoms with Crippen LogP contribution in [0.15, 0.2) is 54.4 Å². The molecule has 0 aliphatic carbocycles. The van der Waals surface area contributed by atoms with Crippen molar-refractivity contribution in [1.29, 1.82) is 5.26 Å². The number of aliphatic hydroxyl groups is 1. The third-order valence-electron chi connectivity index (χ3n) is 4.10. The van der Waals surface area contributed by atoms with E-state index in [1.165, 1.54) is 6.08 Å². The van der Waals surface area contributed by atoms with E-state index in [1.54, 1.807) is 19.3 Å². The number of anilines is 2. The van der Waals surface area contributed by atoms with Crippen LogP contribution in [0.1, 0.15) is 32.3 Å². The number of benzene rings is 1. The number of ether oxygens (including phenoxy) is 1. The maximum absolute atomic E-state index is 11.8. The molecule has 2 rings (SSSR count). The van der Waals surface area contributed by atoms with Crippen molar-refractivity contribution >= 4 is 23.4 Å². The van der Waals surface area contributed by atoms with Crippen molar-refractivity contribution in [2.45, 2.75) is 32.8 Å². The lowest BCUT2D eigenvalue weighted by molar-refractivity contribution is -0.137. The van der Waals surface area contributed by atoms with Gasteiger partial charge in [0.15, 0.2) is 0 Å². The number of nitriles is 1. The van der Waals surface area contributed by atoms with E-state index in [0.29, 0.717) is 18.5 Å². The normalized spacial score (nSPS) is 12.1. The predicted octanol–water partition coefficient (Wildman–Crippen LogP) is 3.85. The first-order valence-corrected chi connectivity index (χ1v) is 9.33. The Morgan fingerprint density at radius 3 is 2.61 bits per heavy atom. The molecule has 0 fully saturated rings. The van der Waals surface area contributed by atoms with E-state index >= 15 is 0 Å². The Balaban J connectivity index is 2.28. The summed E-state index contributed by atoms with van der Waals surface area (Å²) in [6, 6.07) is 13.1. The molecule has 28 heavy (non-hydrogen) atoms. The number of aliphatic hydroxyl groups excluding tert-OH is 1. The highest BCUT2D eigenvalue weighted by Gasteiger charge is 2.15. The largest absolute Gasteiger partial charge is 0.462 e. The zero-order valence-corrected chi connectivity index (χ0v) is 16.2. The van der Waals surface area contributed by atoms with E-state index in [0.717, 1.165) is 17.8 Å². The third-order valence-corrected chi connectivity index (χ3v) is 4.10. The second-order valence-corrected chi connectivity index (χ2v) is 6.25. The molecule has 2 aromatic rings. The Kier molecular flexibility index (Phi) is 8.19. The molecule has 1 heterocycles. The summed E-state index contributed by atoms with van der Waals surface area (Å²) < 4.78 is 4.88. The smallest absolute Gasteiger partial charge is 0.348 e. The van der Waals surface area contributed by atoms with Gasteiger partial charge in [-0.15, -0.1) is 0 Å². The molecule has 1 aromatic heterocycles. The maximum atomic E-state index is 11.8. The minimum atomic E-state index is -0.631. The lowest BCUT2D eigenvalue weighted by Crippen LogP contribution is -2.28. The Morgan fingerprint density at radius 2 is 2.04 bits per heavy atom. The molecule has 0 aliphatic heterocycles. The minimum absolute atomic E-state index is 0.0444. The number of carbonyl (C=O) groups is 1. The number of rotatable bonds is 9. The van der Waals surface area contributed by atoms with Gasteiger partial charge in [-0.25, -0.2) is 4.79 Å². The summed E-state index contributed by atoms with van der Waals surface area (Å²) >= 11 is 0. The topological polar surface area (TPSA) is 86.5 Å². The van der Waals surface area contributed by atoms with Crippen LogP contribution in [0, 0.1) is 11.3 Å². The van der Waals surface area contributed by atoms with Crippen LogP contribution >= 0.6 is 0 Å². The molecule has 1 unspecified atom stereocenters. The fraction of sp³-hybridized carbons (Fsp3) is 0.318. The molecule has 0 amide bonds. The average molecular weight is 379 g/mol. The highest BCUT2D eigenvalue weighted by Crippen LogP contribution is 2.26. The molecule has 6 nitrogen and oxygen atoms in total. The fourth-order valence-corrected chi connectivity index (χ4v) is 2.77. The summed E-state index contributed by atoms with van der Waals surface area (Å²) in [4.78, 5) is 17.9. The molecule has 1 aromatic carbocycles. The van der Waals surface area contributed by atoms with Gasteiger partial charge in [0.05, 0.1) is 24.6 Å². The van der Waals surface area contributed by atoms with Crippen LogP contribution in [0.25, 0.3) is 6.08 Å². The van der Waals surface area contributed by atoms with Crippen LogP contribution in [0.4, 0.5) is 11.4 Å². The molecule has 0 bridgehead atoms. The fourth-order valence-electron chi connectivity index (χ4n) is 2.77. The molecule has 0 aliphatic rings. The SMILES string of the molecule is CCCC(O)CN(c1ccc(C=C(C#N)C(=O)OCC)cc1)c1cccnc1. The molecule has 0 saturated carbocycles. The third kappa shape index (κ3) is 5.93. The second kappa shape index (κ2) is 10.9. The van der Waals surface area contributed by atoms with Crippen molar-refractivity contribution < 1.29 is 14.6 Å². The zero-order valence-electron chi connectivity index (χ0n) is 16.2.